The molecule has 0 unspecified atom stereocenters. The Morgan fingerprint density at radius 1 is 1.25 bits per heavy atom. The molecule has 8 nitrogen and oxygen atoms in total. The molecule has 0 atom stereocenters. The number of amides is 2. The highest BCUT2D eigenvalue weighted by Gasteiger charge is 2.29. The van der Waals surface area contributed by atoms with E-state index in [4.69, 9.17) is 5.11 Å². The van der Waals surface area contributed by atoms with E-state index in [2.05, 4.69) is 24.8 Å². The third-order valence-corrected chi connectivity index (χ3v) is 4.87. The summed E-state index contributed by atoms with van der Waals surface area (Å²) in [6.45, 7) is 8.09. The van der Waals surface area contributed by atoms with Gasteiger partial charge in [-0.15, -0.1) is 0 Å². The second-order valence-corrected chi connectivity index (χ2v) is 8.34. The quantitative estimate of drug-likeness (QED) is 0.564. The minimum absolute atomic E-state index is 0.146. The Kier molecular flexibility index (Phi) is 7.48. The number of carbonyl (C=O) groups is 2. The fourth-order valence-corrected chi connectivity index (χ4v) is 3.38. The van der Waals surface area contributed by atoms with Gasteiger partial charge in [0.15, 0.2) is 5.69 Å². The predicted molar refractivity (Wildman–Crippen MR) is 108 cm³/mol. The summed E-state index contributed by atoms with van der Waals surface area (Å²) in [5, 5.41) is 11.6. The molecule has 1 aromatic rings. The molecule has 1 aliphatic heterocycles. The fraction of sp³-hybridized carbons (Fsp3) is 0.700. The summed E-state index contributed by atoms with van der Waals surface area (Å²) in [7, 11) is 3.56. The molecule has 1 aromatic heterocycles. The number of aromatic nitrogens is 2. The van der Waals surface area contributed by atoms with E-state index in [9.17, 15) is 9.59 Å². The van der Waals surface area contributed by atoms with Gasteiger partial charge in [-0.1, -0.05) is 20.8 Å². The van der Waals surface area contributed by atoms with Crippen molar-refractivity contribution in [2.45, 2.75) is 59.5 Å². The highest BCUT2D eigenvalue weighted by molar-refractivity contribution is 6.42. The zero-order valence-electron chi connectivity index (χ0n) is 17.7. The lowest BCUT2D eigenvalue weighted by molar-refractivity contribution is -0.114. The largest absolute Gasteiger partial charge is 0.396 e. The van der Waals surface area contributed by atoms with E-state index in [1.165, 1.54) is 7.05 Å². The fourth-order valence-electron chi connectivity index (χ4n) is 3.38. The van der Waals surface area contributed by atoms with Gasteiger partial charge in [-0.3, -0.25) is 9.59 Å². The molecule has 0 radical (unpaired) electrons. The summed E-state index contributed by atoms with van der Waals surface area (Å²) in [4.78, 5) is 36.3. The number of hydrogen-bond acceptors (Lipinski definition) is 5. The lowest BCUT2D eigenvalue weighted by atomic mass is 9.89. The van der Waals surface area contributed by atoms with Gasteiger partial charge in [-0.05, 0) is 32.9 Å². The molecule has 8 heteroatoms. The molecule has 2 rings (SSSR count). The molecule has 2 heterocycles. The number of rotatable bonds is 6. The third kappa shape index (κ3) is 5.26. The number of nitrogens with zero attached hydrogens (tertiary/aromatic N) is 4. The van der Waals surface area contributed by atoms with Crippen molar-refractivity contribution in [2.24, 2.45) is 10.4 Å². The zero-order valence-corrected chi connectivity index (χ0v) is 17.7. The van der Waals surface area contributed by atoms with Crippen LogP contribution >= 0.6 is 0 Å². The molecular formula is C20H33N5O3. The highest BCUT2D eigenvalue weighted by atomic mass is 16.3. The molecule has 156 valence electrons. The first-order valence-electron chi connectivity index (χ1n) is 9.92. The first kappa shape index (κ1) is 22.2. The van der Waals surface area contributed by atoms with E-state index in [0.717, 1.165) is 37.4 Å². The first-order valence-corrected chi connectivity index (χ1v) is 9.92. The van der Waals surface area contributed by atoms with Gasteiger partial charge < -0.3 is 19.9 Å². The van der Waals surface area contributed by atoms with Gasteiger partial charge in [-0.25, -0.2) is 9.98 Å². The maximum atomic E-state index is 13.1. The Morgan fingerprint density at radius 3 is 2.57 bits per heavy atom. The van der Waals surface area contributed by atoms with Crippen molar-refractivity contribution in [3.8, 4) is 0 Å². The number of imidazole rings is 1. The summed E-state index contributed by atoms with van der Waals surface area (Å²) in [5.74, 6) is 0.0296. The van der Waals surface area contributed by atoms with Crippen LogP contribution in [0, 0.1) is 5.41 Å². The van der Waals surface area contributed by atoms with Crippen molar-refractivity contribution in [3.63, 3.8) is 0 Å². The van der Waals surface area contributed by atoms with Crippen LogP contribution in [0.25, 0.3) is 0 Å². The lowest BCUT2D eigenvalue weighted by Crippen LogP contribution is -2.37. The van der Waals surface area contributed by atoms with Gasteiger partial charge in [-0.2, -0.15) is 0 Å². The molecule has 1 aliphatic rings. The molecule has 0 spiro atoms. The molecule has 0 aliphatic carbocycles. The van der Waals surface area contributed by atoms with Crippen molar-refractivity contribution in [3.05, 3.63) is 17.2 Å². The number of aryl methyl sites for hydroxylation is 1. The molecule has 2 N–H and O–H groups in total. The van der Waals surface area contributed by atoms with E-state index in [1.54, 1.807) is 0 Å². The maximum Gasteiger partial charge on any atom is 0.297 e. The summed E-state index contributed by atoms with van der Waals surface area (Å²) in [6, 6.07) is 0. The molecule has 2 amide bonds. The van der Waals surface area contributed by atoms with Crippen LogP contribution in [0.4, 0.5) is 0 Å². The van der Waals surface area contributed by atoms with Crippen molar-refractivity contribution in [1.29, 1.82) is 0 Å². The van der Waals surface area contributed by atoms with E-state index in [0.29, 0.717) is 25.1 Å². The van der Waals surface area contributed by atoms with Crippen LogP contribution in [0.5, 0.6) is 0 Å². The van der Waals surface area contributed by atoms with Crippen molar-refractivity contribution >= 4 is 17.5 Å². The van der Waals surface area contributed by atoms with Gasteiger partial charge in [0.05, 0.1) is 5.69 Å². The Bertz CT molecular complexity index is 746. The van der Waals surface area contributed by atoms with Crippen LogP contribution < -0.4 is 5.32 Å². The lowest BCUT2D eigenvalue weighted by Gasteiger charge is -2.19. The van der Waals surface area contributed by atoms with E-state index < -0.39 is 11.3 Å². The summed E-state index contributed by atoms with van der Waals surface area (Å²) in [5.41, 5.74) is 0.828. The Morgan fingerprint density at radius 2 is 1.96 bits per heavy atom. The SMILES string of the molecule is CNC(=O)C(=NC(=O)c1nc(CCCCO)n2c1CN(C)CCC2)C(C)(C)C. The van der Waals surface area contributed by atoms with Gasteiger partial charge >= 0.3 is 0 Å². The smallest absolute Gasteiger partial charge is 0.297 e. The molecule has 0 aromatic carbocycles. The second-order valence-electron chi connectivity index (χ2n) is 8.34. The number of unbranched alkanes of at least 4 members (excludes halogenated alkanes) is 1. The molecular weight excluding hydrogens is 358 g/mol. The topological polar surface area (TPSA) is 99.8 Å². The van der Waals surface area contributed by atoms with Crippen LogP contribution in [0.1, 0.15) is 62.0 Å². The van der Waals surface area contributed by atoms with Crippen molar-refractivity contribution in [1.82, 2.24) is 19.8 Å². The minimum Gasteiger partial charge on any atom is -0.396 e. The number of carbonyl (C=O) groups excluding carboxylic acids is 2. The van der Waals surface area contributed by atoms with Crippen LogP contribution in [-0.2, 0) is 24.3 Å². The Hall–Kier alpha value is -2.06. The maximum absolute atomic E-state index is 13.1. The molecule has 0 bridgehead atoms. The van der Waals surface area contributed by atoms with Crippen LogP contribution in [0.2, 0.25) is 0 Å². The summed E-state index contributed by atoms with van der Waals surface area (Å²) in [6.07, 6.45) is 3.20. The number of nitrogens with one attached hydrogen (secondary N) is 1. The Balaban J connectivity index is 2.46. The molecule has 0 saturated carbocycles. The average Bonchev–Trinajstić information content (AvgIpc) is 2.83. The normalized spacial score (nSPS) is 15.9. The monoisotopic (exact) mass is 391 g/mol. The van der Waals surface area contributed by atoms with Gasteiger partial charge in [0.1, 0.15) is 11.5 Å². The first-order chi connectivity index (χ1) is 13.2. The molecule has 0 saturated heterocycles. The van der Waals surface area contributed by atoms with E-state index >= 15 is 0 Å². The van der Waals surface area contributed by atoms with Gasteiger partial charge in [0.25, 0.3) is 11.8 Å². The average molecular weight is 392 g/mol. The highest BCUT2D eigenvalue weighted by Crippen LogP contribution is 2.22. The molecule has 28 heavy (non-hydrogen) atoms. The van der Waals surface area contributed by atoms with Crippen LogP contribution in [-0.4, -0.2) is 64.3 Å². The van der Waals surface area contributed by atoms with Crippen LogP contribution in [0.15, 0.2) is 4.99 Å². The van der Waals surface area contributed by atoms with E-state index in [-0.39, 0.29) is 18.2 Å². The van der Waals surface area contributed by atoms with Gasteiger partial charge in [0.2, 0.25) is 0 Å². The minimum atomic E-state index is -0.562. The van der Waals surface area contributed by atoms with Crippen molar-refractivity contribution < 1.29 is 14.7 Å². The number of aliphatic imine (C=N–C) groups is 1. The van der Waals surface area contributed by atoms with Gasteiger partial charge in [0, 0.05) is 38.6 Å². The van der Waals surface area contributed by atoms with Crippen molar-refractivity contribution in [2.75, 3.05) is 27.2 Å². The Labute approximate surface area is 167 Å². The molecule has 0 fully saturated rings. The summed E-state index contributed by atoms with van der Waals surface area (Å²) >= 11 is 0. The predicted octanol–water partition coefficient (Wildman–Crippen LogP) is 1.41. The van der Waals surface area contributed by atoms with Crippen LogP contribution in [0.3, 0.4) is 0 Å². The summed E-state index contributed by atoms with van der Waals surface area (Å²) < 4.78 is 2.13. The standard InChI is InChI=1S/C20H33N5O3/c1-20(2,3)17(19(28)21-4)23-18(27)16-14-13-24(5)10-8-11-25(14)15(22-16)9-6-7-12-26/h26H,6-13H2,1-5H3,(H,21,28). The number of fused-ring (bicyclic) bond motifs is 1. The second kappa shape index (κ2) is 9.43. The number of aliphatic hydroxyl groups is 1. The number of aliphatic hydroxyl groups excluding tert-OH is 1. The zero-order chi connectivity index (χ0) is 20.9. The third-order valence-electron chi connectivity index (χ3n) is 4.87. The van der Waals surface area contributed by atoms with E-state index in [1.807, 2.05) is 27.8 Å². The number of hydrogen-bond donors (Lipinski definition) is 2.